The maximum absolute atomic E-state index is 5.70. The highest BCUT2D eigenvalue weighted by Gasteiger charge is 2.27. The summed E-state index contributed by atoms with van der Waals surface area (Å²) in [5.74, 6) is 1.11. The zero-order valence-corrected chi connectivity index (χ0v) is 13.5. The van der Waals surface area contributed by atoms with Crippen LogP contribution in [0.15, 0.2) is 16.7 Å². The molecule has 0 spiro atoms. The van der Waals surface area contributed by atoms with E-state index in [9.17, 15) is 0 Å². The average Bonchev–Trinajstić information content (AvgIpc) is 2.80. The normalized spacial score (nSPS) is 25.5. The van der Waals surface area contributed by atoms with E-state index in [4.69, 9.17) is 4.42 Å². The summed E-state index contributed by atoms with van der Waals surface area (Å²) in [5.41, 5.74) is 1.29. The molecule has 0 radical (unpaired) electrons. The van der Waals surface area contributed by atoms with E-state index in [2.05, 4.69) is 55.9 Å². The number of furan rings is 1. The van der Waals surface area contributed by atoms with Crippen LogP contribution in [0.2, 0.25) is 0 Å². The van der Waals surface area contributed by atoms with Crippen molar-refractivity contribution in [1.29, 1.82) is 0 Å². The van der Waals surface area contributed by atoms with Crippen LogP contribution >= 0.6 is 0 Å². The van der Waals surface area contributed by atoms with Gasteiger partial charge >= 0.3 is 0 Å². The third-order valence-corrected chi connectivity index (χ3v) is 4.34. The molecule has 1 aliphatic rings. The maximum Gasteiger partial charge on any atom is 0.122 e. The molecule has 4 heteroatoms. The van der Waals surface area contributed by atoms with Crippen LogP contribution in [-0.2, 0) is 13.1 Å². The lowest BCUT2D eigenvalue weighted by molar-refractivity contribution is 0.0516. The molecule has 1 aliphatic heterocycles. The minimum absolute atomic E-state index is 0.501. The van der Waals surface area contributed by atoms with Gasteiger partial charge in [-0.25, -0.2) is 0 Å². The van der Waals surface area contributed by atoms with E-state index in [1.165, 1.54) is 5.56 Å². The first kappa shape index (κ1) is 15.5. The summed E-state index contributed by atoms with van der Waals surface area (Å²) in [6.45, 7) is 13.0. The topological polar surface area (TPSA) is 31.7 Å². The maximum atomic E-state index is 5.70. The molecule has 0 amide bonds. The smallest absolute Gasteiger partial charge is 0.122 e. The molecule has 20 heavy (non-hydrogen) atoms. The second-order valence-corrected chi connectivity index (χ2v) is 6.46. The second-order valence-electron chi connectivity index (χ2n) is 6.46. The molecule has 2 heterocycles. The van der Waals surface area contributed by atoms with Gasteiger partial charge in [-0.2, -0.15) is 0 Å². The van der Waals surface area contributed by atoms with Crippen LogP contribution in [-0.4, -0.2) is 48.1 Å². The van der Waals surface area contributed by atoms with Crippen LogP contribution in [0.4, 0.5) is 0 Å². The lowest BCUT2D eigenvalue weighted by Crippen LogP contribution is -2.54. The summed E-state index contributed by atoms with van der Waals surface area (Å²) in [7, 11) is 2.22. The van der Waals surface area contributed by atoms with Crippen molar-refractivity contribution in [2.45, 2.75) is 58.9 Å². The van der Waals surface area contributed by atoms with E-state index in [0.717, 1.165) is 31.9 Å². The van der Waals surface area contributed by atoms with Crippen molar-refractivity contribution >= 4 is 0 Å². The Morgan fingerprint density at radius 1 is 1.30 bits per heavy atom. The van der Waals surface area contributed by atoms with Crippen LogP contribution in [0.5, 0.6) is 0 Å². The molecule has 0 aliphatic carbocycles. The van der Waals surface area contributed by atoms with Crippen LogP contribution in [0.1, 0.15) is 39.0 Å². The van der Waals surface area contributed by atoms with Crippen molar-refractivity contribution in [3.05, 3.63) is 23.7 Å². The van der Waals surface area contributed by atoms with E-state index in [1.807, 2.05) is 6.26 Å². The fourth-order valence-electron chi connectivity index (χ4n) is 2.82. The number of likely N-dealkylation sites (N-methyl/N-ethyl adjacent to an activating group) is 1. The molecule has 1 aromatic heterocycles. The number of hydrogen-bond donors (Lipinski definition) is 1. The minimum Gasteiger partial charge on any atom is -0.468 e. The molecule has 0 aromatic carbocycles. The zero-order valence-electron chi connectivity index (χ0n) is 13.5. The van der Waals surface area contributed by atoms with Gasteiger partial charge in [-0.3, -0.25) is 9.80 Å². The molecule has 2 rings (SSSR count). The van der Waals surface area contributed by atoms with Crippen molar-refractivity contribution in [2.75, 3.05) is 20.1 Å². The number of nitrogens with one attached hydrogen (secondary N) is 1. The molecule has 4 nitrogen and oxygen atoms in total. The molecule has 1 N–H and O–H groups in total. The number of nitrogens with zero attached hydrogens (tertiary/aromatic N) is 2. The Morgan fingerprint density at radius 2 is 1.95 bits per heavy atom. The first-order valence-corrected chi connectivity index (χ1v) is 7.70. The average molecular weight is 279 g/mol. The van der Waals surface area contributed by atoms with Gasteiger partial charge in [0, 0.05) is 43.3 Å². The van der Waals surface area contributed by atoms with Crippen LogP contribution in [0.3, 0.4) is 0 Å². The first-order valence-electron chi connectivity index (χ1n) is 7.70. The van der Waals surface area contributed by atoms with E-state index >= 15 is 0 Å². The number of hydrogen-bond acceptors (Lipinski definition) is 4. The summed E-state index contributed by atoms with van der Waals surface area (Å²) in [6.07, 6.45) is 1.82. The van der Waals surface area contributed by atoms with Gasteiger partial charge in [-0.05, 0) is 27.0 Å². The third kappa shape index (κ3) is 3.84. The van der Waals surface area contributed by atoms with Gasteiger partial charge in [0.1, 0.15) is 5.76 Å². The highest BCUT2D eigenvalue weighted by atomic mass is 16.3. The molecule has 1 aromatic rings. The summed E-state index contributed by atoms with van der Waals surface area (Å²) >= 11 is 0. The quantitative estimate of drug-likeness (QED) is 0.896. The molecule has 114 valence electrons. The minimum atomic E-state index is 0.501. The van der Waals surface area contributed by atoms with Gasteiger partial charge in [0.05, 0.1) is 12.8 Å². The van der Waals surface area contributed by atoms with Crippen LogP contribution in [0, 0.1) is 0 Å². The molecule has 0 bridgehead atoms. The Balaban J connectivity index is 1.95. The zero-order chi connectivity index (χ0) is 14.7. The summed E-state index contributed by atoms with van der Waals surface area (Å²) < 4.78 is 5.70. The molecular formula is C16H29N3O. The van der Waals surface area contributed by atoms with Crippen LogP contribution < -0.4 is 5.32 Å². The van der Waals surface area contributed by atoms with Crippen molar-refractivity contribution in [3.63, 3.8) is 0 Å². The second kappa shape index (κ2) is 6.74. The van der Waals surface area contributed by atoms with Gasteiger partial charge in [0.25, 0.3) is 0 Å². The Morgan fingerprint density at radius 3 is 2.55 bits per heavy atom. The standard InChI is InChI=1S/C16H29N3O/c1-12(2)17-8-15-6-7-20-16(15)11-19-9-13(3)18(5)14(4)10-19/h6-7,12-14,17H,8-11H2,1-5H3. The van der Waals surface area contributed by atoms with Crippen molar-refractivity contribution in [1.82, 2.24) is 15.1 Å². The van der Waals surface area contributed by atoms with Crippen molar-refractivity contribution in [3.8, 4) is 0 Å². The summed E-state index contributed by atoms with van der Waals surface area (Å²) in [5, 5.41) is 3.46. The number of rotatable bonds is 5. The van der Waals surface area contributed by atoms with E-state index in [1.54, 1.807) is 0 Å². The summed E-state index contributed by atoms with van der Waals surface area (Å²) in [4.78, 5) is 4.97. The Kier molecular flexibility index (Phi) is 5.24. The van der Waals surface area contributed by atoms with Gasteiger partial charge in [-0.15, -0.1) is 0 Å². The van der Waals surface area contributed by atoms with Crippen molar-refractivity contribution < 1.29 is 4.42 Å². The molecule has 2 unspecified atom stereocenters. The third-order valence-electron chi connectivity index (χ3n) is 4.34. The van der Waals surface area contributed by atoms with Gasteiger partial charge in [-0.1, -0.05) is 13.8 Å². The molecule has 1 saturated heterocycles. The highest BCUT2D eigenvalue weighted by Crippen LogP contribution is 2.19. The van der Waals surface area contributed by atoms with Gasteiger partial charge in [0.2, 0.25) is 0 Å². The van der Waals surface area contributed by atoms with Crippen LogP contribution in [0.25, 0.3) is 0 Å². The molecule has 1 fully saturated rings. The largest absolute Gasteiger partial charge is 0.468 e. The SMILES string of the molecule is CC(C)NCc1ccoc1CN1CC(C)N(C)C(C)C1. The van der Waals surface area contributed by atoms with Gasteiger partial charge in [0.15, 0.2) is 0 Å². The predicted molar refractivity (Wildman–Crippen MR) is 82.6 cm³/mol. The predicted octanol–water partition coefficient (Wildman–Crippen LogP) is 2.30. The molecular weight excluding hydrogens is 250 g/mol. The fourth-order valence-corrected chi connectivity index (χ4v) is 2.82. The highest BCUT2D eigenvalue weighted by molar-refractivity contribution is 5.17. The van der Waals surface area contributed by atoms with Crippen molar-refractivity contribution in [2.24, 2.45) is 0 Å². The van der Waals surface area contributed by atoms with E-state index in [-0.39, 0.29) is 0 Å². The first-order chi connectivity index (χ1) is 9.47. The monoisotopic (exact) mass is 279 g/mol. The lowest BCUT2D eigenvalue weighted by atomic mass is 10.1. The van der Waals surface area contributed by atoms with E-state index < -0.39 is 0 Å². The molecule has 0 saturated carbocycles. The lowest BCUT2D eigenvalue weighted by Gasteiger charge is -2.42. The van der Waals surface area contributed by atoms with E-state index in [0.29, 0.717) is 18.1 Å². The summed E-state index contributed by atoms with van der Waals surface area (Å²) in [6, 6.07) is 3.80. The Labute approximate surface area is 123 Å². The fraction of sp³-hybridized carbons (Fsp3) is 0.750. The van der Waals surface area contributed by atoms with Gasteiger partial charge < -0.3 is 9.73 Å². The Hall–Kier alpha value is -0.840. The number of piperazine rings is 1. The molecule has 2 atom stereocenters. The Bertz CT molecular complexity index is 404.